The number of methoxy groups -OCH3 is 1. The zero-order chi connectivity index (χ0) is 22.2. The number of anilines is 2. The van der Waals surface area contributed by atoms with Crippen molar-refractivity contribution in [1.82, 2.24) is 0 Å². The normalized spacial score (nSPS) is 10.7. The van der Waals surface area contributed by atoms with Crippen LogP contribution in [0.15, 0.2) is 60.0 Å². The third kappa shape index (κ3) is 6.10. The molecular weight excluding hydrogens is 436 g/mol. The number of carbonyl (C=O) groups is 2. The molecule has 0 unspecified atom stereocenters. The first-order valence-corrected chi connectivity index (χ1v) is 10.7. The molecule has 2 amide bonds. The fourth-order valence-electron chi connectivity index (χ4n) is 2.78. The summed E-state index contributed by atoms with van der Waals surface area (Å²) in [6.45, 7) is 2.32. The maximum Gasteiger partial charge on any atom is 0.265 e. The molecule has 3 aromatic rings. The van der Waals surface area contributed by atoms with Gasteiger partial charge in [-0.25, -0.2) is 0 Å². The second kappa shape index (κ2) is 10.7. The molecule has 8 heteroatoms. The van der Waals surface area contributed by atoms with E-state index in [1.54, 1.807) is 48.5 Å². The molecule has 0 aliphatic carbocycles. The highest BCUT2D eigenvalue weighted by Crippen LogP contribution is 2.36. The summed E-state index contributed by atoms with van der Waals surface area (Å²) in [5.41, 5.74) is 1.84. The lowest BCUT2D eigenvalue weighted by Crippen LogP contribution is -2.11. The fraction of sp³-hybridized carbons (Fsp3) is 0.130. The Bertz CT molecular complexity index is 1100. The van der Waals surface area contributed by atoms with E-state index in [0.29, 0.717) is 44.9 Å². The van der Waals surface area contributed by atoms with Gasteiger partial charge in [-0.3, -0.25) is 9.59 Å². The highest BCUT2D eigenvalue weighted by Gasteiger charge is 2.11. The monoisotopic (exact) mass is 456 g/mol. The number of benzene rings is 2. The molecular formula is C23H21ClN2O4S. The van der Waals surface area contributed by atoms with Gasteiger partial charge in [0.25, 0.3) is 5.91 Å². The largest absolute Gasteiger partial charge is 0.491 e. The van der Waals surface area contributed by atoms with Crippen molar-refractivity contribution in [2.45, 2.75) is 6.92 Å². The molecule has 0 aliphatic rings. The van der Waals surface area contributed by atoms with Crippen molar-refractivity contribution in [3.05, 3.63) is 75.5 Å². The van der Waals surface area contributed by atoms with E-state index in [1.807, 2.05) is 18.4 Å². The Hall–Kier alpha value is -3.29. The molecule has 0 fully saturated rings. The van der Waals surface area contributed by atoms with Gasteiger partial charge in [0.1, 0.15) is 0 Å². The van der Waals surface area contributed by atoms with Gasteiger partial charge in [-0.1, -0.05) is 23.7 Å². The molecule has 2 N–H and O–H groups in total. The van der Waals surface area contributed by atoms with Gasteiger partial charge >= 0.3 is 0 Å². The van der Waals surface area contributed by atoms with Crippen LogP contribution >= 0.6 is 22.9 Å². The Morgan fingerprint density at radius 1 is 1.10 bits per heavy atom. The number of halogens is 1. The van der Waals surface area contributed by atoms with Gasteiger partial charge in [0, 0.05) is 17.5 Å². The first kappa shape index (κ1) is 22.4. The van der Waals surface area contributed by atoms with E-state index in [-0.39, 0.29) is 11.8 Å². The van der Waals surface area contributed by atoms with Gasteiger partial charge in [-0.15, -0.1) is 11.3 Å². The molecule has 0 spiro atoms. The van der Waals surface area contributed by atoms with Crippen molar-refractivity contribution in [2.24, 2.45) is 0 Å². The highest BCUT2D eigenvalue weighted by atomic mass is 35.5. The minimum Gasteiger partial charge on any atom is -0.491 e. The number of rotatable bonds is 8. The molecule has 2 aromatic carbocycles. The average Bonchev–Trinajstić information content (AvgIpc) is 3.28. The minimum atomic E-state index is -0.327. The molecule has 0 saturated carbocycles. The van der Waals surface area contributed by atoms with Gasteiger partial charge in [-0.05, 0) is 60.3 Å². The van der Waals surface area contributed by atoms with Gasteiger partial charge in [0.15, 0.2) is 11.5 Å². The number of nitrogens with one attached hydrogen (secondary N) is 2. The zero-order valence-electron chi connectivity index (χ0n) is 17.0. The zero-order valence-corrected chi connectivity index (χ0v) is 18.5. The maximum absolute atomic E-state index is 12.4. The molecule has 31 heavy (non-hydrogen) atoms. The van der Waals surface area contributed by atoms with Crippen LogP contribution < -0.4 is 20.1 Å². The van der Waals surface area contributed by atoms with Crippen LogP contribution in [0.2, 0.25) is 5.02 Å². The number of thiophene rings is 1. The standard InChI is InChI=1S/C23H21ClN2O4S/c1-3-30-19-13-15(12-18(24)22(19)29-2)9-10-21(27)25-16-6-4-7-17(14-16)26-23(28)20-8-5-11-31-20/h4-14H,3H2,1-2H3,(H,25,27)(H,26,28)/b10-9+. The van der Waals surface area contributed by atoms with Crippen LogP contribution in [0.4, 0.5) is 11.4 Å². The topological polar surface area (TPSA) is 76.7 Å². The van der Waals surface area contributed by atoms with Crippen LogP contribution in [-0.2, 0) is 4.79 Å². The molecule has 0 radical (unpaired) electrons. The van der Waals surface area contributed by atoms with Gasteiger partial charge < -0.3 is 20.1 Å². The second-order valence-electron chi connectivity index (χ2n) is 6.30. The Balaban J connectivity index is 1.67. The summed E-state index contributed by atoms with van der Waals surface area (Å²) >= 11 is 7.60. The van der Waals surface area contributed by atoms with E-state index in [2.05, 4.69) is 10.6 Å². The second-order valence-corrected chi connectivity index (χ2v) is 7.66. The summed E-state index contributed by atoms with van der Waals surface area (Å²) < 4.78 is 10.8. The lowest BCUT2D eigenvalue weighted by molar-refractivity contribution is -0.111. The number of carbonyl (C=O) groups excluding carboxylic acids is 2. The molecule has 0 saturated heterocycles. The minimum absolute atomic E-state index is 0.195. The molecule has 0 bridgehead atoms. The molecule has 0 atom stereocenters. The average molecular weight is 457 g/mol. The van der Waals surface area contributed by atoms with Gasteiger partial charge in [0.2, 0.25) is 5.91 Å². The summed E-state index contributed by atoms with van der Waals surface area (Å²) in [6, 6.07) is 13.9. The molecule has 0 aliphatic heterocycles. The predicted octanol–water partition coefficient (Wildman–Crippen LogP) is 5.71. The lowest BCUT2D eigenvalue weighted by Gasteiger charge is -2.11. The van der Waals surface area contributed by atoms with Gasteiger partial charge in [-0.2, -0.15) is 0 Å². The van der Waals surface area contributed by atoms with Crippen molar-refractivity contribution >= 4 is 52.2 Å². The SMILES string of the molecule is CCOc1cc(/C=C/C(=O)Nc2cccc(NC(=O)c3cccs3)c2)cc(Cl)c1OC. The van der Waals surface area contributed by atoms with Crippen molar-refractivity contribution in [2.75, 3.05) is 24.4 Å². The van der Waals surface area contributed by atoms with Crippen LogP contribution in [0.25, 0.3) is 6.08 Å². The van der Waals surface area contributed by atoms with E-state index in [9.17, 15) is 9.59 Å². The molecule has 1 heterocycles. The first-order chi connectivity index (χ1) is 15.0. The van der Waals surface area contributed by atoms with Gasteiger partial charge in [0.05, 0.1) is 23.6 Å². The van der Waals surface area contributed by atoms with Crippen molar-refractivity contribution in [3.8, 4) is 11.5 Å². The third-order valence-corrected chi connectivity index (χ3v) is 5.25. The quantitative estimate of drug-likeness (QED) is 0.425. The third-order valence-electron chi connectivity index (χ3n) is 4.10. The predicted molar refractivity (Wildman–Crippen MR) is 126 cm³/mol. The van der Waals surface area contributed by atoms with Crippen LogP contribution in [-0.4, -0.2) is 25.5 Å². The summed E-state index contributed by atoms with van der Waals surface area (Å²) in [7, 11) is 1.52. The van der Waals surface area contributed by atoms with Crippen LogP contribution in [0.1, 0.15) is 22.2 Å². The Morgan fingerprint density at radius 2 is 1.87 bits per heavy atom. The van der Waals surface area contributed by atoms with Crippen LogP contribution in [0, 0.1) is 0 Å². The number of hydrogen-bond acceptors (Lipinski definition) is 5. The maximum atomic E-state index is 12.4. The molecule has 160 valence electrons. The molecule has 3 rings (SSSR count). The smallest absolute Gasteiger partial charge is 0.265 e. The lowest BCUT2D eigenvalue weighted by atomic mass is 10.2. The van der Waals surface area contributed by atoms with Crippen LogP contribution in [0.5, 0.6) is 11.5 Å². The highest BCUT2D eigenvalue weighted by molar-refractivity contribution is 7.12. The first-order valence-electron chi connectivity index (χ1n) is 9.44. The Kier molecular flexibility index (Phi) is 7.70. The summed E-state index contributed by atoms with van der Waals surface area (Å²) in [6.07, 6.45) is 3.02. The summed E-state index contributed by atoms with van der Waals surface area (Å²) in [5.74, 6) is 0.435. The number of amides is 2. The van der Waals surface area contributed by atoms with E-state index in [0.717, 1.165) is 0 Å². The van der Waals surface area contributed by atoms with E-state index in [4.69, 9.17) is 21.1 Å². The summed E-state index contributed by atoms with van der Waals surface area (Å²) in [5, 5.41) is 7.82. The van der Waals surface area contributed by atoms with Crippen molar-refractivity contribution < 1.29 is 19.1 Å². The molecule has 1 aromatic heterocycles. The summed E-state index contributed by atoms with van der Waals surface area (Å²) in [4.78, 5) is 25.2. The van der Waals surface area contributed by atoms with E-state index >= 15 is 0 Å². The Labute approximate surface area is 189 Å². The van der Waals surface area contributed by atoms with E-state index < -0.39 is 0 Å². The van der Waals surface area contributed by atoms with Crippen LogP contribution in [0.3, 0.4) is 0 Å². The molecule has 6 nitrogen and oxygen atoms in total. The van der Waals surface area contributed by atoms with Crippen molar-refractivity contribution in [1.29, 1.82) is 0 Å². The fourth-order valence-corrected chi connectivity index (χ4v) is 3.69. The van der Waals surface area contributed by atoms with E-state index in [1.165, 1.54) is 24.5 Å². The number of ether oxygens (including phenoxy) is 2. The number of hydrogen-bond donors (Lipinski definition) is 2. The van der Waals surface area contributed by atoms with Crippen molar-refractivity contribution in [3.63, 3.8) is 0 Å². The Morgan fingerprint density at radius 3 is 2.55 bits per heavy atom.